The smallest absolute Gasteiger partial charge is 0.303 e. The molecule has 0 aromatic heterocycles. The molecular weight excluding hydrogens is 160 g/mol. The number of esters is 1. The maximum absolute atomic E-state index is 10.6. The van der Waals surface area contributed by atoms with Gasteiger partial charge in [-0.25, -0.2) is 0 Å². The van der Waals surface area contributed by atoms with Crippen molar-refractivity contribution in [2.24, 2.45) is 0 Å². The van der Waals surface area contributed by atoms with Crippen molar-refractivity contribution in [1.29, 1.82) is 0 Å². The van der Waals surface area contributed by atoms with Gasteiger partial charge in [-0.3, -0.25) is 4.79 Å². The van der Waals surface area contributed by atoms with Crippen molar-refractivity contribution in [2.75, 3.05) is 6.61 Å². The maximum Gasteiger partial charge on any atom is 0.303 e. The fraction of sp³-hybridized carbons (Fsp3) is 0.625. The van der Waals surface area contributed by atoms with Crippen LogP contribution in [-0.2, 0) is 19.0 Å². The van der Waals surface area contributed by atoms with Crippen molar-refractivity contribution >= 4 is 5.97 Å². The largest absolute Gasteiger partial charge is 0.455 e. The molecular formula is C8H10O4. The third kappa shape index (κ3) is 1.35. The minimum Gasteiger partial charge on any atom is -0.455 e. The molecule has 0 N–H and O–H groups in total. The fourth-order valence-corrected chi connectivity index (χ4v) is 1.34. The minimum atomic E-state index is -0.293. The molecule has 2 aliphatic heterocycles. The maximum atomic E-state index is 10.6. The molecule has 2 heterocycles. The quantitative estimate of drug-likeness (QED) is 0.417. The first-order valence-corrected chi connectivity index (χ1v) is 3.88. The van der Waals surface area contributed by atoms with Crippen LogP contribution in [0.2, 0.25) is 0 Å². The van der Waals surface area contributed by atoms with E-state index < -0.39 is 0 Å². The van der Waals surface area contributed by atoms with E-state index in [1.54, 1.807) is 6.08 Å². The SMILES string of the molecule is CC(=O)O[C@H]1C=CC2OCC1O2. The van der Waals surface area contributed by atoms with Gasteiger partial charge in [0.1, 0.15) is 12.2 Å². The zero-order valence-electron chi connectivity index (χ0n) is 6.73. The number of hydrogen-bond donors (Lipinski definition) is 0. The molecule has 0 aromatic rings. The molecule has 0 aliphatic carbocycles. The highest BCUT2D eigenvalue weighted by Gasteiger charge is 2.35. The van der Waals surface area contributed by atoms with E-state index in [0.29, 0.717) is 6.61 Å². The lowest BCUT2D eigenvalue weighted by atomic mass is 10.2. The van der Waals surface area contributed by atoms with Crippen molar-refractivity contribution in [3.05, 3.63) is 12.2 Å². The van der Waals surface area contributed by atoms with E-state index in [9.17, 15) is 4.79 Å². The molecule has 0 amide bonds. The number of ether oxygens (including phenoxy) is 3. The monoisotopic (exact) mass is 170 g/mol. The van der Waals surface area contributed by atoms with E-state index in [1.165, 1.54) is 6.92 Å². The molecule has 12 heavy (non-hydrogen) atoms. The van der Waals surface area contributed by atoms with Crippen LogP contribution in [0, 0.1) is 0 Å². The average molecular weight is 170 g/mol. The van der Waals surface area contributed by atoms with Crippen LogP contribution in [0.3, 0.4) is 0 Å². The van der Waals surface area contributed by atoms with E-state index in [4.69, 9.17) is 14.2 Å². The van der Waals surface area contributed by atoms with Gasteiger partial charge in [0.2, 0.25) is 0 Å². The molecule has 2 rings (SSSR count). The number of hydrogen-bond acceptors (Lipinski definition) is 4. The molecule has 2 bridgehead atoms. The summed E-state index contributed by atoms with van der Waals surface area (Å²) in [4.78, 5) is 10.6. The standard InChI is InChI=1S/C8H10O4/c1-5(9)11-6-2-3-8-10-4-7(6)12-8/h2-3,6-8H,4H2,1H3/t6-,7?,8?/m0/s1. The van der Waals surface area contributed by atoms with Crippen molar-refractivity contribution in [1.82, 2.24) is 0 Å². The van der Waals surface area contributed by atoms with Crippen LogP contribution >= 0.6 is 0 Å². The Bertz CT molecular complexity index is 223. The van der Waals surface area contributed by atoms with E-state index in [1.807, 2.05) is 6.08 Å². The Balaban J connectivity index is 2.02. The molecule has 4 heteroatoms. The molecule has 0 aromatic carbocycles. The van der Waals surface area contributed by atoms with Gasteiger partial charge < -0.3 is 14.2 Å². The lowest BCUT2D eigenvalue weighted by Crippen LogP contribution is -2.33. The van der Waals surface area contributed by atoms with Gasteiger partial charge in [-0.05, 0) is 12.2 Å². The molecule has 0 saturated carbocycles. The molecule has 2 unspecified atom stereocenters. The van der Waals surface area contributed by atoms with Gasteiger partial charge in [-0.15, -0.1) is 0 Å². The summed E-state index contributed by atoms with van der Waals surface area (Å²) in [6.07, 6.45) is 2.94. The van der Waals surface area contributed by atoms with Gasteiger partial charge in [-0.2, -0.15) is 0 Å². The second-order valence-corrected chi connectivity index (χ2v) is 2.84. The average Bonchev–Trinajstić information content (AvgIpc) is 2.39. The third-order valence-corrected chi connectivity index (χ3v) is 1.86. The highest BCUT2D eigenvalue weighted by molar-refractivity contribution is 5.66. The zero-order valence-corrected chi connectivity index (χ0v) is 6.73. The first-order chi connectivity index (χ1) is 5.75. The molecule has 0 spiro atoms. The van der Waals surface area contributed by atoms with Crippen molar-refractivity contribution in [3.63, 3.8) is 0 Å². The summed E-state index contributed by atoms with van der Waals surface area (Å²) in [5.74, 6) is -0.293. The Labute approximate surface area is 70.1 Å². The van der Waals surface area contributed by atoms with E-state index in [2.05, 4.69) is 0 Å². The number of carbonyl (C=O) groups excluding carboxylic acids is 1. The Kier molecular flexibility index (Phi) is 1.86. The summed E-state index contributed by atoms with van der Waals surface area (Å²) in [5.41, 5.74) is 0. The van der Waals surface area contributed by atoms with Gasteiger partial charge in [-0.1, -0.05) is 0 Å². The summed E-state index contributed by atoms with van der Waals surface area (Å²) in [6.45, 7) is 1.88. The Morgan fingerprint density at radius 2 is 2.42 bits per heavy atom. The van der Waals surface area contributed by atoms with Crippen molar-refractivity contribution < 1.29 is 19.0 Å². The minimum absolute atomic E-state index is 0.121. The predicted molar refractivity (Wildman–Crippen MR) is 39.3 cm³/mol. The highest BCUT2D eigenvalue weighted by Crippen LogP contribution is 2.23. The van der Waals surface area contributed by atoms with Crippen LogP contribution in [0.4, 0.5) is 0 Å². The van der Waals surface area contributed by atoms with Crippen LogP contribution < -0.4 is 0 Å². The normalized spacial score (nSPS) is 38.2. The number of carbonyl (C=O) groups is 1. The summed E-state index contributed by atoms with van der Waals surface area (Å²) in [5, 5.41) is 0. The van der Waals surface area contributed by atoms with E-state index >= 15 is 0 Å². The topological polar surface area (TPSA) is 44.8 Å². The van der Waals surface area contributed by atoms with Crippen LogP contribution in [0.15, 0.2) is 12.2 Å². The molecule has 4 nitrogen and oxygen atoms in total. The lowest BCUT2D eigenvalue weighted by molar-refractivity contribution is -0.151. The zero-order chi connectivity index (χ0) is 8.55. The van der Waals surface area contributed by atoms with Crippen LogP contribution in [0.1, 0.15) is 6.92 Å². The van der Waals surface area contributed by atoms with Crippen molar-refractivity contribution in [2.45, 2.75) is 25.4 Å². The Hall–Kier alpha value is -0.870. The highest BCUT2D eigenvalue weighted by atomic mass is 16.7. The van der Waals surface area contributed by atoms with Gasteiger partial charge in [0, 0.05) is 6.92 Å². The van der Waals surface area contributed by atoms with Gasteiger partial charge in [0.15, 0.2) is 6.29 Å². The molecule has 2 aliphatic rings. The molecule has 0 radical (unpaired) electrons. The number of fused-ring (bicyclic) bond motifs is 2. The summed E-state index contributed by atoms with van der Waals surface area (Å²) in [6, 6.07) is 0. The van der Waals surface area contributed by atoms with Gasteiger partial charge in [0.25, 0.3) is 0 Å². The van der Waals surface area contributed by atoms with E-state index in [-0.39, 0.29) is 24.5 Å². The second-order valence-electron chi connectivity index (χ2n) is 2.84. The van der Waals surface area contributed by atoms with Gasteiger partial charge in [0.05, 0.1) is 6.61 Å². The van der Waals surface area contributed by atoms with Crippen molar-refractivity contribution in [3.8, 4) is 0 Å². The molecule has 1 fully saturated rings. The molecule has 66 valence electrons. The third-order valence-electron chi connectivity index (χ3n) is 1.86. The van der Waals surface area contributed by atoms with Crippen LogP contribution in [0.25, 0.3) is 0 Å². The number of rotatable bonds is 1. The van der Waals surface area contributed by atoms with E-state index in [0.717, 1.165) is 0 Å². The fourth-order valence-electron chi connectivity index (χ4n) is 1.34. The second kappa shape index (κ2) is 2.88. The molecule has 1 saturated heterocycles. The predicted octanol–water partition coefficient (Wildman–Crippen LogP) is 0.229. The molecule has 3 atom stereocenters. The lowest BCUT2D eigenvalue weighted by Gasteiger charge is -2.21. The summed E-state index contributed by atoms with van der Waals surface area (Å²) < 4.78 is 15.5. The first kappa shape index (κ1) is 7.76. The summed E-state index contributed by atoms with van der Waals surface area (Å²) in [7, 11) is 0. The Morgan fingerprint density at radius 1 is 1.58 bits per heavy atom. The summed E-state index contributed by atoms with van der Waals surface area (Å²) >= 11 is 0. The first-order valence-electron chi connectivity index (χ1n) is 3.88. The van der Waals surface area contributed by atoms with Crippen LogP contribution in [0.5, 0.6) is 0 Å². The Morgan fingerprint density at radius 3 is 3.17 bits per heavy atom. The van der Waals surface area contributed by atoms with Crippen LogP contribution in [-0.4, -0.2) is 31.1 Å². The van der Waals surface area contributed by atoms with Gasteiger partial charge >= 0.3 is 5.97 Å².